The number of aromatic nitrogens is 2. The molecule has 0 spiro atoms. The number of anilines is 1. The molecule has 100 valence electrons. The van der Waals surface area contributed by atoms with Gasteiger partial charge in [-0.3, -0.25) is 9.58 Å². The Bertz CT molecular complexity index is 398. The van der Waals surface area contributed by atoms with Gasteiger partial charge in [0.2, 0.25) is 0 Å². The highest BCUT2D eigenvalue weighted by molar-refractivity contribution is 5.43. The fraction of sp³-hybridized carbons (Fsp3) is 0.786. The first kappa shape index (κ1) is 12.0. The van der Waals surface area contributed by atoms with E-state index >= 15 is 0 Å². The highest BCUT2D eigenvalue weighted by Gasteiger charge is 2.29. The van der Waals surface area contributed by atoms with E-state index in [1.807, 2.05) is 6.20 Å². The second-order valence-electron chi connectivity index (χ2n) is 5.90. The first-order valence-electron chi connectivity index (χ1n) is 7.27. The Labute approximate surface area is 110 Å². The number of hydrogen-bond acceptors (Lipinski definition) is 3. The highest BCUT2D eigenvalue weighted by Crippen LogP contribution is 2.25. The molecule has 0 aromatic carbocycles. The van der Waals surface area contributed by atoms with Crippen LogP contribution in [0.5, 0.6) is 0 Å². The van der Waals surface area contributed by atoms with Crippen molar-refractivity contribution >= 4 is 5.69 Å². The van der Waals surface area contributed by atoms with E-state index in [4.69, 9.17) is 0 Å². The highest BCUT2D eigenvalue weighted by atomic mass is 15.3. The summed E-state index contributed by atoms with van der Waals surface area (Å²) in [5, 5.41) is 4.46. The van der Waals surface area contributed by atoms with Crippen LogP contribution in [0, 0.1) is 0 Å². The lowest BCUT2D eigenvalue weighted by molar-refractivity contribution is 0.133. The van der Waals surface area contributed by atoms with Crippen LogP contribution in [0.3, 0.4) is 0 Å². The molecule has 0 bridgehead atoms. The van der Waals surface area contributed by atoms with Gasteiger partial charge in [-0.1, -0.05) is 6.42 Å². The molecule has 0 radical (unpaired) electrons. The molecule has 1 aromatic heterocycles. The molecule has 2 fully saturated rings. The van der Waals surface area contributed by atoms with Crippen LogP contribution < -0.4 is 4.90 Å². The summed E-state index contributed by atoms with van der Waals surface area (Å²) >= 11 is 0. The summed E-state index contributed by atoms with van der Waals surface area (Å²) in [6, 6.07) is 1.23. The Balaban J connectivity index is 1.69. The average molecular weight is 248 g/mol. The number of hydrogen-bond donors (Lipinski definition) is 0. The minimum Gasteiger partial charge on any atom is -0.366 e. The number of piperidine rings is 1. The summed E-state index contributed by atoms with van der Waals surface area (Å²) in [6.07, 6.45) is 8.39. The molecule has 18 heavy (non-hydrogen) atoms. The quantitative estimate of drug-likeness (QED) is 0.801. The van der Waals surface area contributed by atoms with Crippen molar-refractivity contribution in [3.63, 3.8) is 0 Å². The van der Waals surface area contributed by atoms with E-state index < -0.39 is 0 Å². The van der Waals surface area contributed by atoms with Crippen LogP contribution in [0.1, 0.15) is 39.2 Å². The fourth-order valence-corrected chi connectivity index (χ4v) is 3.16. The zero-order chi connectivity index (χ0) is 12.5. The van der Waals surface area contributed by atoms with Crippen molar-refractivity contribution in [3.8, 4) is 0 Å². The second kappa shape index (κ2) is 4.92. The van der Waals surface area contributed by atoms with Crippen molar-refractivity contribution in [2.75, 3.05) is 31.1 Å². The van der Waals surface area contributed by atoms with Gasteiger partial charge in [-0.05, 0) is 33.2 Å². The smallest absolute Gasteiger partial charge is 0.0753 e. The molecule has 0 aliphatic carbocycles. The molecule has 3 heterocycles. The third kappa shape index (κ3) is 2.26. The van der Waals surface area contributed by atoms with E-state index in [-0.39, 0.29) is 0 Å². The summed E-state index contributed by atoms with van der Waals surface area (Å²) in [5.74, 6) is 0. The SMILES string of the molecule is CC(C)n1cc(N2CCN3CCCCC3C2)cn1. The van der Waals surface area contributed by atoms with Crippen LogP contribution in [0.15, 0.2) is 12.4 Å². The summed E-state index contributed by atoms with van der Waals surface area (Å²) in [7, 11) is 0. The first-order valence-corrected chi connectivity index (χ1v) is 7.27. The van der Waals surface area contributed by atoms with E-state index in [1.165, 1.54) is 44.6 Å². The third-order valence-corrected chi connectivity index (χ3v) is 4.32. The van der Waals surface area contributed by atoms with Crippen LogP contribution in [0.4, 0.5) is 5.69 Å². The standard InChI is InChI=1S/C14H24N4/c1-12(2)18-11-14(9-15-18)17-8-7-16-6-4-3-5-13(16)10-17/h9,11-13H,3-8,10H2,1-2H3. The summed E-state index contributed by atoms with van der Waals surface area (Å²) in [5.41, 5.74) is 1.30. The van der Waals surface area contributed by atoms with Crippen molar-refractivity contribution < 1.29 is 0 Å². The predicted octanol–water partition coefficient (Wildman–Crippen LogP) is 2.14. The molecular formula is C14H24N4. The van der Waals surface area contributed by atoms with Crippen molar-refractivity contribution in [1.29, 1.82) is 0 Å². The van der Waals surface area contributed by atoms with Crippen LogP contribution in [-0.2, 0) is 0 Å². The van der Waals surface area contributed by atoms with Crippen LogP contribution in [0.2, 0.25) is 0 Å². The van der Waals surface area contributed by atoms with Crippen molar-refractivity contribution in [3.05, 3.63) is 12.4 Å². The Morgan fingerprint density at radius 2 is 2.11 bits per heavy atom. The van der Waals surface area contributed by atoms with Gasteiger partial charge in [0.05, 0.1) is 11.9 Å². The Hall–Kier alpha value is -1.03. The van der Waals surface area contributed by atoms with Gasteiger partial charge in [0.25, 0.3) is 0 Å². The number of piperazine rings is 1. The van der Waals surface area contributed by atoms with E-state index in [9.17, 15) is 0 Å². The zero-order valence-electron chi connectivity index (χ0n) is 11.5. The lowest BCUT2D eigenvalue weighted by atomic mass is 9.99. The van der Waals surface area contributed by atoms with Gasteiger partial charge in [0, 0.05) is 37.9 Å². The van der Waals surface area contributed by atoms with Gasteiger partial charge in [-0.25, -0.2) is 0 Å². The zero-order valence-corrected chi connectivity index (χ0v) is 11.5. The molecule has 2 saturated heterocycles. The van der Waals surface area contributed by atoms with Gasteiger partial charge in [0.15, 0.2) is 0 Å². The molecule has 3 rings (SSSR count). The molecular weight excluding hydrogens is 224 g/mol. The van der Waals surface area contributed by atoms with Crippen molar-refractivity contribution in [2.24, 2.45) is 0 Å². The lowest BCUT2D eigenvalue weighted by Gasteiger charge is -2.44. The monoisotopic (exact) mass is 248 g/mol. The molecule has 2 aliphatic rings. The molecule has 4 heteroatoms. The Morgan fingerprint density at radius 1 is 1.22 bits per heavy atom. The largest absolute Gasteiger partial charge is 0.366 e. The first-order chi connectivity index (χ1) is 8.74. The topological polar surface area (TPSA) is 24.3 Å². The minimum atomic E-state index is 0.453. The van der Waals surface area contributed by atoms with Crippen LogP contribution >= 0.6 is 0 Å². The van der Waals surface area contributed by atoms with E-state index in [0.717, 1.165) is 12.6 Å². The normalized spacial score (nSPS) is 25.5. The lowest BCUT2D eigenvalue weighted by Crippen LogP contribution is -2.54. The average Bonchev–Trinajstić information content (AvgIpc) is 2.88. The van der Waals surface area contributed by atoms with E-state index in [2.05, 4.69) is 39.6 Å². The molecule has 1 aromatic rings. The van der Waals surface area contributed by atoms with Gasteiger partial charge >= 0.3 is 0 Å². The summed E-state index contributed by atoms with van der Waals surface area (Å²) < 4.78 is 2.06. The molecule has 4 nitrogen and oxygen atoms in total. The number of fused-ring (bicyclic) bond motifs is 1. The van der Waals surface area contributed by atoms with Gasteiger partial charge in [0.1, 0.15) is 0 Å². The maximum atomic E-state index is 4.46. The van der Waals surface area contributed by atoms with Gasteiger partial charge in [-0.15, -0.1) is 0 Å². The molecule has 2 aliphatic heterocycles. The fourth-order valence-electron chi connectivity index (χ4n) is 3.16. The maximum absolute atomic E-state index is 4.46. The Kier molecular flexibility index (Phi) is 3.29. The van der Waals surface area contributed by atoms with Gasteiger partial charge in [-0.2, -0.15) is 5.10 Å². The maximum Gasteiger partial charge on any atom is 0.0753 e. The van der Waals surface area contributed by atoms with Crippen molar-refractivity contribution in [2.45, 2.75) is 45.2 Å². The Morgan fingerprint density at radius 3 is 2.89 bits per heavy atom. The van der Waals surface area contributed by atoms with E-state index in [0.29, 0.717) is 6.04 Å². The summed E-state index contributed by atoms with van der Waals surface area (Å²) in [4.78, 5) is 5.19. The molecule has 0 amide bonds. The number of nitrogens with zero attached hydrogens (tertiary/aromatic N) is 4. The molecule has 1 unspecified atom stereocenters. The second-order valence-corrected chi connectivity index (χ2v) is 5.90. The van der Waals surface area contributed by atoms with Crippen molar-refractivity contribution in [1.82, 2.24) is 14.7 Å². The molecule has 0 saturated carbocycles. The third-order valence-electron chi connectivity index (χ3n) is 4.32. The van der Waals surface area contributed by atoms with Crippen LogP contribution in [0.25, 0.3) is 0 Å². The number of rotatable bonds is 2. The van der Waals surface area contributed by atoms with Gasteiger partial charge < -0.3 is 4.90 Å². The van der Waals surface area contributed by atoms with Crippen LogP contribution in [-0.4, -0.2) is 46.9 Å². The predicted molar refractivity (Wildman–Crippen MR) is 74.0 cm³/mol. The minimum absolute atomic E-state index is 0.453. The molecule has 1 atom stereocenters. The molecule has 0 N–H and O–H groups in total. The van der Waals surface area contributed by atoms with E-state index in [1.54, 1.807) is 0 Å². The summed E-state index contributed by atoms with van der Waals surface area (Å²) in [6.45, 7) is 9.22.